The van der Waals surface area contributed by atoms with Gasteiger partial charge in [0.25, 0.3) is 5.91 Å². The largest absolute Gasteiger partial charge is 0.384 e. The number of halogens is 3. The summed E-state index contributed by atoms with van der Waals surface area (Å²) in [6.45, 7) is 1.82. The van der Waals surface area contributed by atoms with Crippen LogP contribution in [-0.4, -0.2) is 23.3 Å². The second-order valence-corrected chi connectivity index (χ2v) is 6.99. The van der Waals surface area contributed by atoms with Crippen molar-refractivity contribution in [1.29, 1.82) is 5.41 Å². The number of nitrogen functional groups attached to an aromatic ring is 2. The Morgan fingerprint density at radius 2 is 1.76 bits per heavy atom. The smallest absolute Gasteiger partial charge is 0.254 e. The normalized spacial score (nSPS) is 11.4. The molecule has 1 atom stereocenters. The van der Waals surface area contributed by atoms with Crippen molar-refractivity contribution in [3.63, 3.8) is 0 Å². The summed E-state index contributed by atoms with van der Waals surface area (Å²) in [6.07, 6.45) is -0.0528. The molecule has 174 valence electrons. The molecule has 0 fully saturated rings. The van der Waals surface area contributed by atoms with Crippen LogP contribution in [0.5, 0.6) is 0 Å². The van der Waals surface area contributed by atoms with Crippen LogP contribution in [0.2, 0.25) is 0 Å². The van der Waals surface area contributed by atoms with E-state index in [2.05, 4.69) is 10.3 Å². The molecule has 7 nitrogen and oxygen atoms in total. The first-order valence-corrected chi connectivity index (χ1v) is 9.83. The lowest BCUT2D eigenvalue weighted by molar-refractivity contribution is -0.133. The van der Waals surface area contributed by atoms with Gasteiger partial charge < -0.3 is 21.5 Å². The third kappa shape index (κ3) is 6.24. The Morgan fingerprint density at radius 1 is 1.12 bits per heavy atom. The number of anilines is 1. The number of ether oxygens (including phenoxy) is 1. The number of benzene rings is 2. The van der Waals surface area contributed by atoms with Gasteiger partial charge in [0.1, 0.15) is 23.3 Å². The van der Waals surface area contributed by atoms with E-state index in [-0.39, 0.29) is 42.8 Å². The first-order chi connectivity index (χ1) is 15.3. The molecule has 3 aromatic rings. The van der Waals surface area contributed by atoms with Crippen molar-refractivity contribution in [2.75, 3.05) is 12.3 Å². The van der Waals surface area contributed by atoms with Crippen LogP contribution in [0.1, 0.15) is 29.7 Å². The maximum atomic E-state index is 14.9. The zero-order valence-corrected chi connectivity index (χ0v) is 18.6. The van der Waals surface area contributed by atoms with E-state index < -0.39 is 29.2 Å². The molecule has 0 aliphatic rings. The van der Waals surface area contributed by atoms with Gasteiger partial charge in [0.2, 0.25) is 0 Å². The van der Waals surface area contributed by atoms with Crippen LogP contribution >= 0.6 is 12.4 Å². The predicted octanol–water partition coefficient (Wildman–Crippen LogP) is 3.71. The van der Waals surface area contributed by atoms with Gasteiger partial charge in [0.05, 0.1) is 5.56 Å². The second-order valence-electron chi connectivity index (χ2n) is 6.99. The third-order valence-corrected chi connectivity index (χ3v) is 4.76. The number of nitrogens with two attached hydrogens (primary N) is 2. The summed E-state index contributed by atoms with van der Waals surface area (Å²) in [6, 6.07) is 12.1. The van der Waals surface area contributed by atoms with Crippen molar-refractivity contribution < 1.29 is 18.3 Å². The first-order valence-electron chi connectivity index (χ1n) is 9.83. The molecule has 0 bridgehead atoms. The van der Waals surface area contributed by atoms with Crippen LogP contribution < -0.4 is 16.8 Å². The number of aromatic nitrogens is 1. The standard InChI is InChI=1S/C23H23F2N5O2.ClH/c1-2-32-21(23(31)30-11-13-3-5-14(6-4-13)22(27)28)20-17(24)9-16(10-18(20)25)15-7-8-19(26)29-12-15;/h3-10,12,21H,2,11H2,1H3,(H2,26,29)(H3,27,28)(H,30,31);1H/t21-;/m1./s1. The molecule has 1 heterocycles. The van der Waals surface area contributed by atoms with Gasteiger partial charge in [-0.25, -0.2) is 13.8 Å². The van der Waals surface area contributed by atoms with Crippen LogP contribution in [0.3, 0.4) is 0 Å². The van der Waals surface area contributed by atoms with Gasteiger partial charge in [0.15, 0.2) is 6.10 Å². The molecule has 6 N–H and O–H groups in total. The van der Waals surface area contributed by atoms with Gasteiger partial charge in [-0.15, -0.1) is 12.4 Å². The number of pyridine rings is 1. The number of hydrogen-bond donors (Lipinski definition) is 4. The average Bonchev–Trinajstić information content (AvgIpc) is 2.77. The zero-order chi connectivity index (χ0) is 23.3. The van der Waals surface area contributed by atoms with Crippen molar-refractivity contribution in [2.45, 2.75) is 19.6 Å². The van der Waals surface area contributed by atoms with Crippen molar-refractivity contribution in [2.24, 2.45) is 5.73 Å². The highest BCUT2D eigenvalue weighted by molar-refractivity contribution is 5.94. The number of nitrogens with one attached hydrogen (secondary N) is 2. The molecule has 0 saturated heterocycles. The second kappa shape index (κ2) is 11.3. The summed E-state index contributed by atoms with van der Waals surface area (Å²) in [5, 5.41) is 10.0. The zero-order valence-electron chi connectivity index (χ0n) is 17.8. The van der Waals surface area contributed by atoms with E-state index in [0.29, 0.717) is 11.1 Å². The van der Waals surface area contributed by atoms with E-state index >= 15 is 0 Å². The molecule has 3 rings (SSSR count). The van der Waals surface area contributed by atoms with Gasteiger partial charge in [-0.1, -0.05) is 24.3 Å². The van der Waals surface area contributed by atoms with Crippen LogP contribution in [0.25, 0.3) is 11.1 Å². The highest BCUT2D eigenvalue weighted by atomic mass is 35.5. The van der Waals surface area contributed by atoms with Gasteiger partial charge in [0, 0.05) is 30.5 Å². The Hall–Kier alpha value is -3.56. The number of carbonyl (C=O) groups excluding carboxylic acids is 1. The fourth-order valence-corrected chi connectivity index (χ4v) is 3.12. The van der Waals surface area contributed by atoms with Crippen LogP contribution in [0, 0.1) is 17.0 Å². The SMILES string of the molecule is CCO[C@@H](C(=O)NCc1ccc(C(=N)N)cc1)c1c(F)cc(-c2ccc(N)nc2)cc1F.Cl. The number of nitrogens with zero attached hydrogens (tertiary/aromatic N) is 1. The van der Waals surface area contributed by atoms with Crippen molar-refractivity contribution >= 4 is 30.0 Å². The molecule has 0 aliphatic carbocycles. The maximum Gasteiger partial charge on any atom is 0.254 e. The summed E-state index contributed by atoms with van der Waals surface area (Å²) < 4.78 is 35.2. The minimum Gasteiger partial charge on any atom is -0.384 e. The van der Waals surface area contributed by atoms with Gasteiger partial charge in [-0.05, 0) is 42.3 Å². The molecule has 0 unspecified atom stereocenters. The summed E-state index contributed by atoms with van der Waals surface area (Å²) in [4.78, 5) is 16.7. The summed E-state index contributed by atoms with van der Waals surface area (Å²) >= 11 is 0. The molecular formula is C23H24ClF2N5O2. The van der Waals surface area contributed by atoms with Crippen molar-refractivity contribution in [3.05, 3.63) is 83.1 Å². The Bertz CT molecular complexity index is 1100. The number of carbonyl (C=O) groups is 1. The fraction of sp³-hybridized carbons (Fsp3) is 0.174. The molecule has 0 spiro atoms. The Morgan fingerprint density at radius 3 is 2.27 bits per heavy atom. The molecular weight excluding hydrogens is 452 g/mol. The molecule has 0 saturated carbocycles. The van der Waals surface area contributed by atoms with E-state index in [0.717, 1.165) is 17.7 Å². The average molecular weight is 476 g/mol. The van der Waals surface area contributed by atoms with Gasteiger partial charge in [-0.2, -0.15) is 0 Å². The number of hydrogen-bond acceptors (Lipinski definition) is 5. The molecule has 0 aliphatic heterocycles. The minimum atomic E-state index is -1.46. The summed E-state index contributed by atoms with van der Waals surface area (Å²) in [7, 11) is 0. The summed E-state index contributed by atoms with van der Waals surface area (Å²) in [5.74, 6) is -2.27. The Balaban J connectivity index is 0.00000385. The van der Waals surface area contributed by atoms with Crippen molar-refractivity contribution in [3.8, 4) is 11.1 Å². The van der Waals surface area contributed by atoms with Crippen molar-refractivity contribution in [1.82, 2.24) is 10.3 Å². The monoisotopic (exact) mass is 475 g/mol. The number of amidine groups is 1. The fourth-order valence-electron chi connectivity index (χ4n) is 3.12. The van der Waals surface area contributed by atoms with E-state index in [1.165, 1.54) is 12.3 Å². The highest BCUT2D eigenvalue weighted by Gasteiger charge is 2.28. The van der Waals surface area contributed by atoms with Gasteiger partial charge in [-0.3, -0.25) is 10.2 Å². The Labute approximate surface area is 196 Å². The predicted molar refractivity (Wildman–Crippen MR) is 125 cm³/mol. The van der Waals surface area contributed by atoms with E-state index in [1.54, 1.807) is 37.3 Å². The molecule has 0 radical (unpaired) electrons. The molecule has 1 amide bonds. The van der Waals surface area contributed by atoms with Crippen LogP contribution in [0.15, 0.2) is 54.7 Å². The quantitative estimate of drug-likeness (QED) is 0.292. The number of rotatable bonds is 8. The lowest BCUT2D eigenvalue weighted by Crippen LogP contribution is -2.31. The Kier molecular flexibility index (Phi) is 8.84. The lowest BCUT2D eigenvalue weighted by atomic mass is 10.0. The molecule has 1 aromatic heterocycles. The first kappa shape index (κ1) is 25.7. The minimum absolute atomic E-state index is 0. The van der Waals surface area contributed by atoms with Crippen LogP contribution in [-0.2, 0) is 16.1 Å². The number of amides is 1. The highest BCUT2D eigenvalue weighted by Crippen LogP contribution is 2.30. The van der Waals surface area contributed by atoms with E-state index in [4.69, 9.17) is 21.6 Å². The molecule has 33 heavy (non-hydrogen) atoms. The van der Waals surface area contributed by atoms with E-state index in [1.807, 2.05) is 0 Å². The lowest BCUT2D eigenvalue weighted by Gasteiger charge is -2.19. The maximum absolute atomic E-state index is 14.9. The van der Waals surface area contributed by atoms with Crippen LogP contribution in [0.4, 0.5) is 14.6 Å². The molecule has 2 aromatic carbocycles. The van der Waals surface area contributed by atoms with Gasteiger partial charge >= 0.3 is 0 Å². The topological polar surface area (TPSA) is 127 Å². The third-order valence-electron chi connectivity index (χ3n) is 4.76. The van der Waals surface area contributed by atoms with E-state index in [9.17, 15) is 13.6 Å². The summed E-state index contributed by atoms with van der Waals surface area (Å²) in [5.41, 5.74) is 12.5. The molecule has 10 heteroatoms.